The molecule has 3 unspecified atom stereocenters. The van der Waals surface area contributed by atoms with Gasteiger partial charge < -0.3 is 24.6 Å². The Labute approximate surface area is 189 Å². The van der Waals surface area contributed by atoms with Crippen molar-refractivity contribution in [1.29, 1.82) is 0 Å². The summed E-state index contributed by atoms with van der Waals surface area (Å²) in [5.74, 6) is -5.63. The van der Waals surface area contributed by atoms with E-state index in [2.05, 4.69) is 0 Å². The van der Waals surface area contributed by atoms with Crippen LogP contribution in [0, 0.1) is 5.92 Å². The molecule has 178 valence electrons. The molecule has 1 aliphatic heterocycles. The number of benzene rings is 2. The maximum Gasteiger partial charge on any atom is 0.416 e. The van der Waals surface area contributed by atoms with E-state index in [1.807, 2.05) is 0 Å². The van der Waals surface area contributed by atoms with Gasteiger partial charge in [-0.2, -0.15) is 13.2 Å². The van der Waals surface area contributed by atoms with Crippen LogP contribution in [-0.2, 0) is 15.8 Å². The number of fused-ring (bicyclic) bond motifs is 1. The second kappa shape index (κ2) is 8.17. The molecule has 8 nitrogen and oxygen atoms in total. The molecule has 2 heterocycles. The fourth-order valence-electron chi connectivity index (χ4n) is 4.38. The lowest BCUT2D eigenvalue weighted by Crippen LogP contribution is -2.56. The Balaban J connectivity index is 1.88. The Morgan fingerprint density at radius 3 is 2.24 bits per heavy atom. The second-order valence-corrected chi connectivity index (χ2v) is 8.03. The van der Waals surface area contributed by atoms with Crippen molar-refractivity contribution in [3.8, 4) is 0 Å². The topological polar surface area (TPSA) is 128 Å². The van der Waals surface area contributed by atoms with E-state index in [4.69, 9.17) is 4.42 Å². The lowest BCUT2D eigenvalue weighted by atomic mass is 9.91. The molecule has 1 amide bonds. The first-order chi connectivity index (χ1) is 16.0. The van der Waals surface area contributed by atoms with Crippen molar-refractivity contribution in [2.45, 2.75) is 24.2 Å². The summed E-state index contributed by atoms with van der Waals surface area (Å²) >= 11 is 0. The SMILES string of the molecule is O=C(O)C1CC(CO)(C(=O)O)N(C(=O)c2ccc(C(F)(F)F)cc2)C1c1cc2ccccc2o1. The second-order valence-electron chi connectivity index (χ2n) is 8.03. The van der Waals surface area contributed by atoms with Crippen molar-refractivity contribution in [3.63, 3.8) is 0 Å². The van der Waals surface area contributed by atoms with Gasteiger partial charge in [-0.15, -0.1) is 0 Å². The zero-order chi connectivity index (χ0) is 24.8. The first-order valence-corrected chi connectivity index (χ1v) is 10.1. The molecule has 0 bridgehead atoms. The predicted octanol–water partition coefficient (Wildman–Crippen LogP) is 3.56. The molecule has 3 aromatic rings. The number of nitrogens with zero attached hydrogens (tertiary/aromatic N) is 1. The van der Waals surface area contributed by atoms with Gasteiger partial charge in [0.1, 0.15) is 17.4 Å². The zero-order valence-electron chi connectivity index (χ0n) is 17.3. The van der Waals surface area contributed by atoms with Gasteiger partial charge in [-0.25, -0.2) is 4.79 Å². The van der Waals surface area contributed by atoms with Gasteiger partial charge in [0.15, 0.2) is 5.54 Å². The monoisotopic (exact) mass is 477 g/mol. The number of carboxylic acids is 2. The first kappa shape index (κ1) is 23.3. The normalized spacial score (nSPS) is 22.8. The molecule has 1 saturated heterocycles. The number of alkyl halides is 3. The Hall–Kier alpha value is -3.86. The van der Waals surface area contributed by atoms with Crippen LogP contribution >= 0.6 is 0 Å². The van der Waals surface area contributed by atoms with Gasteiger partial charge in [0.25, 0.3) is 5.91 Å². The van der Waals surface area contributed by atoms with E-state index in [-0.39, 0.29) is 11.3 Å². The molecule has 1 fully saturated rings. The third-order valence-corrected chi connectivity index (χ3v) is 6.07. The number of hydrogen-bond donors (Lipinski definition) is 3. The quantitative estimate of drug-likeness (QED) is 0.513. The Morgan fingerprint density at radius 1 is 1.06 bits per heavy atom. The summed E-state index contributed by atoms with van der Waals surface area (Å²) in [7, 11) is 0. The minimum atomic E-state index is -4.66. The summed E-state index contributed by atoms with van der Waals surface area (Å²) in [4.78, 5) is 38.6. The van der Waals surface area contributed by atoms with Gasteiger partial charge in [0, 0.05) is 10.9 Å². The Kier molecular flexibility index (Phi) is 5.60. The van der Waals surface area contributed by atoms with E-state index in [0.717, 1.165) is 12.1 Å². The number of carbonyl (C=O) groups excluding carboxylic acids is 1. The zero-order valence-corrected chi connectivity index (χ0v) is 17.3. The molecule has 0 spiro atoms. The highest BCUT2D eigenvalue weighted by Crippen LogP contribution is 2.49. The molecular weight excluding hydrogens is 459 g/mol. The average Bonchev–Trinajstić information content (AvgIpc) is 3.37. The number of likely N-dealkylation sites (tertiary alicyclic amines) is 1. The smallest absolute Gasteiger partial charge is 0.416 e. The number of rotatable bonds is 5. The van der Waals surface area contributed by atoms with Gasteiger partial charge >= 0.3 is 18.1 Å². The fraction of sp³-hybridized carbons (Fsp3) is 0.261. The van der Waals surface area contributed by atoms with Crippen LogP contribution in [0.25, 0.3) is 11.0 Å². The van der Waals surface area contributed by atoms with Crippen LogP contribution in [0.4, 0.5) is 13.2 Å². The molecule has 3 N–H and O–H groups in total. The highest BCUT2D eigenvalue weighted by atomic mass is 19.4. The average molecular weight is 477 g/mol. The minimum Gasteiger partial charge on any atom is -0.481 e. The summed E-state index contributed by atoms with van der Waals surface area (Å²) in [6.45, 7) is -1.12. The Morgan fingerprint density at radius 2 is 1.71 bits per heavy atom. The van der Waals surface area contributed by atoms with E-state index < -0.39 is 60.1 Å². The van der Waals surface area contributed by atoms with Crippen LogP contribution in [-0.4, -0.2) is 50.2 Å². The van der Waals surface area contributed by atoms with Crippen LogP contribution < -0.4 is 0 Å². The molecule has 0 radical (unpaired) electrons. The van der Waals surface area contributed by atoms with E-state index in [1.165, 1.54) is 6.07 Å². The van der Waals surface area contributed by atoms with Crippen molar-refractivity contribution < 1.29 is 47.3 Å². The number of halogens is 3. The molecule has 1 aliphatic rings. The van der Waals surface area contributed by atoms with Crippen LogP contribution in [0.1, 0.15) is 34.1 Å². The third kappa shape index (κ3) is 3.67. The molecule has 3 atom stereocenters. The van der Waals surface area contributed by atoms with Crippen LogP contribution in [0.15, 0.2) is 59.0 Å². The molecule has 0 aliphatic carbocycles. The van der Waals surface area contributed by atoms with E-state index >= 15 is 0 Å². The largest absolute Gasteiger partial charge is 0.481 e. The number of aliphatic carboxylic acids is 2. The van der Waals surface area contributed by atoms with Gasteiger partial charge in [0.05, 0.1) is 18.1 Å². The van der Waals surface area contributed by atoms with Crippen LogP contribution in [0.2, 0.25) is 0 Å². The number of aliphatic hydroxyl groups excluding tert-OH is 1. The number of amides is 1. The third-order valence-electron chi connectivity index (χ3n) is 6.07. The summed E-state index contributed by atoms with van der Waals surface area (Å²) < 4.78 is 44.6. The number of furan rings is 1. The molecule has 1 aromatic heterocycles. The van der Waals surface area contributed by atoms with Crippen LogP contribution in [0.5, 0.6) is 0 Å². The van der Waals surface area contributed by atoms with E-state index in [1.54, 1.807) is 24.3 Å². The molecule has 0 saturated carbocycles. The van der Waals surface area contributed by atoms with E-state index in [9.17, 15) is 42.9 Å². The van der Waals surface area contributed by atoms with Gasteiger partial charge in [0.2, 0.25) is 0 Å². The highest BCUT2D eigenvalue weighted by Gasteiger charge is 2.61. The standard InChI is InChI=1S/C23H18F3NO7/c24-23(25,26)14-7-5-12(6-8-14)19(29)27-18(17-9-13-3-1-2-4-16(13)34-17)15(20(30)31)10-22(27,11-28)21(32)33/h1-9,15,18,28H,10-11H2,(H,30,31)(H,32,33). The van der Waals surface area contributed by atoms with Crippen molar-refractivity contribution in [2.75, 3.05) is 6.61 Å². The number of hydrogen-bond acceptors (Lipinski definition) is 5. The minimum absolute atomic E-state index is 0.0227. The summed E-state index contributed by atoms with van der Waals surface area (Å²) in [5, 5.41) is 30.4. The number of aliphatic hydroxyl groups is 1. The Bertz CT molecular complexity index is 1230. The summed E-state index contributed by atoms with van der Waals surface area (Å²) in [6.07, 6.45) is -5.29. The van der Waals surface area contributed by atoms with Crippen molar-refractivity contribution in [1.82, 2.24) is 4.90 Å². The highest BCUT2D eigenvalue weighted by molar-refractivity contribution is 6.00. The maximum atomic E-state index is 13.5. The van der Waals surface area contributed by atoms with Gasteiger partial charge in [-0.3, -0.25) is 9.59 Å². The van der Waals surface area contributed by atoms with E-state index in [0.29, 0.717) is 28.0 Å². The van der Waals surface area contributed by atoms with Gasteiger partial charge in [-0.1, -0.05) is 18.2 Å². The predicted molar refractivity (Wildman–Crippen MR) is 110 cm³/mol. The lowest BCUT2D eigenvalue weighted by Gasteiger charge is -2.36. The van der Waals surface area contributed by atoms with Crippen molar-refractivity contribution in [3.05, 3.63) is 71.5 Å². The number of para-hydroxylation sites is 1. The first-order valence-electron chi connectivity index (χ1n) is 10.1. The fourth-order valence-corrected chi connectivity index (χ4v) is 4.38. The molecule has 2 aromatic carbocycles. The van der Waals surface area contributed by atoms with Gasteiger partial charge in [-0.05, 0) is 42.8 Å². The maximum absolute atomic E-state index is 13.5. The lowest BCUT2D eigenvalue weighted by molar-refractivity contribution is -0.151. The summed E-state index contributed by atoms with van der Waals surface area (Å²) in [5.41, 5.74) is -3.30. The molecular formula is C23H18F3NO7. The number of carbonyl (C=O) groups is 3. The van der Waals surface area contributed by atoms with Crippen molar-refractivity contribution in [2.24, 2.45) is 5.92 Å². The summed E-state index contributed by atoms with van der Waals surface area (Å²) in [6, 6.07) is 9.74. The molecule has 4 rings (SSSR count). The molecule has 34 heavy (non-hydrogen) atoms. The van der Waals surface area contributed by atoms with Crippen LogP contribution in [0.3, 0.4) is 0 Å². The van der Waals surface area contributed by atoms with Crippen molar-refractivity contribution >= 4 is 28.8 Å². The number of carboxylic acid groups (broad SMARTS) is 2. The molecule has 11 heteroatoms.